The Hall–Kier alpha value is -3.26. The van der Waals surface area contributed by atoms with Crippen molar-refractivity contribution in [1.82, 2.24) is 0 Å². The number of aromatic hydroxyl groups is 1. The molecule has 0 bridgehead atoms. The number of hydrogen-bond acceptors (Lipinski definition) is 8. The van der Waals surface area contributed by atoms with E-state index in [1.807, 2.05) is 0 Å². The largest absolute Gasteiger partial charge is 0.507 e. The lowest BCUT2D eigenvalue weighted by Crippen LogP contribution is -2.19. The molecule has 0 radical (unpaired) electrons. The van der Waals surface area contributed by atoms with Gasteiger partial charge in [-0.15, -0.1) is 0 Å². The first-order chi connectivity index (χ1) is 13.5. The third kappa shape index (κ3) is 2.27. The van der Waals surface area contributed by atoms with Crippen LogP contribution in [0.2, 0.25) is 0 Å². The van der Waals surface area contributed by atoms with Crippen molar-refractivity contribution in [1.29, 1.82) is 0 Å². The van der Waals surface area contributed by atoms with E-state index in [0.717, 1.165) is 0 Å². The van der Waals surface area contributed by atoms with Gasteiger partial charge in [-0.3, -0.25) is 9.59 Å². The summed E-state index contributed by atoms with van der Waals surface area (Å²) >= 11 is 0. The lowest BCUT2D eigenvalue weighted by molar-refractivity contribution is -0.188. The van der Waals surface area contributed by atoms with E-state index < -0.39 is 24.0 Å². The third-order valence-electron chi connectivity index (χ3n) is 5.11. The van der Waals surface area contributed by atoms with Gasteiger partial charge < -0.3 is 28.5 Å². The number of hydrogen-bond donors (Lipinski definition) is 1. The van der Waals surface area contributed by atoms with Crippen LogP contribution in [0.4, 0.5) is 0 Å². The summed E-state index contributed by atoms with van der Waals surface area (Å²) in [5.41, 5.74) is 0.842. The number of phenols is 1. The van der Waals surface area contributed by atoms with Gasteiger partial charge in [0, 0.05) is 25.0 Å². The third-order valence-corrected chi connectivity index (χ3v) is 5.11. The number of esters is 1. The van der Waals surface area contributed by atoms with Crippen LogP contribution in [0.25, 0.3) is 21.9 Å². The van der Waals surface area contributed by atoms with Gasteiger partial charge in [-0.1, -0.05) is 6.07 Å². The molecule has 28 heavy (non-hydrogen) atoms. The molecule has 8 heteroatoms. The Morgan fingerprint density at radius 2 is 2.11 bits per heavy atom. The first kappa shape index (κ1) is 16.9. The maximum atomic E-state index is 13.1. The monoisotopic (exact) mass is 384 g/mol. The van der Waals surface area contributed by atoms with Gasteiger partial charge in [-0.25, -0.2) is 0 Å². The summed E-state index contributed by atoms with van der Waals surface area (Å²) in [6, 6.07) is 6.25. The van der Waals surface area contributed by atoms with Crippen molar-refractivity contribution < 1.29 is 33.3 Å². The van der Waals surface area contributed by atoms with E-state index >= 15 is 0 Å². The molecule has 1 fully saturated rings. The van der Waals surface area contributed by atoms with Gasteiger partial charge >= 0.3 is 5.97 Å². The minimum atomic E-state index is -0.728. The fraction of sp³-hybridized carbons (Fsp3) is 0.300. The normalized spacial score (nSPS) is 22.7. The Bertz CT molecular complexity index is 1190. The highest BCUT2D eigenvalue weighted by atomic mass is 16.8. The molecular formula is C20H16O8. The molecule has 2 aliphatic rings. The number of carbonyl (C=O) groups excluding carboxylic acids is 1. The Balaban J connectivity index is 1.77. The summed E-state index contributed by atoms with van der Waals surface area (Å²) in [5, 5.41) is 10.4. The van der Waals surface area contributed by atoms with Crippen LogP contribution < -0.4 is 14.9 Å². The predicted molar refractivity (Wildman–Crippen MR) is 96.6 cm³/mol. The Morgan fingerprint density at radius 3 is 2.86 bits per heavy atom. The van der Waals surface area contributed by atoms with Crippen molar-refractivity contribution in [3.05, 3.63) is 40.1 Å². The molecule has 1 aromatic heterocycles. The number of phenolic OH excluding ortho intramolecular Hbond substituents is 1. The summed E-state index contributed by atoms with van der Waals surface area (Å²) in [7, 11) is 1.44. The van der Waals surface area contributed by atoms with Crippen LogP contribution >= 0.6 is 0 Å². The maximum Gasteiger partial charge on any atom is 0.304 e. The van der Waals surface area contributed by atoms with Crippen molar-refractivity contribution in [2.75, 3.05) is 7.11 Å². The van der Waals surface area contributed by atoms with Crippen molar-refractivity contribution in [2.45, 2.75) is 31.8 Å². The molecule has 0 amide bonds. The summed E-state index contributed by atoms with van der Waals surface area (Å²) in [4.78, 5) is 24.4. The highest BCUT2D eigenvalue weighted by Crippen LogP contribution is 2.51. The second kappa shape index (κ2) is 5.87. The van der Waals surface area contributed by atoms with Crippen molar-refractivity contribution in [2.24, 2.45) is 0 Å². The van der Waals surface area contributed by atoms with E-state index in [1.165, 1.54) is 20.1 Å². The summed E-state index contributed by atoms with van der Waals surface area (Å²) < 4.78 is 28.1. The number of fused-ring (bicyclic) bond motifs is 6. The van der Waals surface area contributed by atoms with Crippen molar-refractivity contribution in [3.8, 4) is 17.2 Å². The summed E-state index contributed by atoms with van der Waals surface area (Å²) in [6.07, 6.45) is -1.01. The zero-order valence-electron chi connectivity index (χ0n) is 15.1. The van der Waals surface area contributed by atoms with Crippen LogP contribution in [0, 0.1) is 0 Å². The number of benzene rings is 2. The lowest BCUT2D eigenvalue weighted by atomic mass is 9.95. The minimum absolute atomic E-state index is 0.0872. The molecule has 8 nitrogen and oxygen atoms in total. The van der Waals surface area contributed by atoms with E-state index in [2.05, 4.69) is 0 Å². The van der Waals surface area contributed by atoms with Gasteiger partial charge in [0.15, 0.2) is 0 Å². The molecule has 1 saturated heterocycles. The molecule has 3 heterocycles. The van der Waals surface area contributed by atoms with E-state index in [4.69, 9.17) is 23.4 Å². The molecule has 2 aromatic carbocycles. The van der Waals surface area contributed by atoms with Crippen LogP contribution in [0.3, 0.4) is 0 Å². The molecule has 3 aromatic rings. The lowest BCUT2D eigenvalue weighted by Gasteiger charge is -2.14. The number of carbonyl (C=O) groups is 1. The second-order valence-electron chi connectivity index (χ2n) is 6.78. The molecule has 0 aliphatic carbocycles. The number of ether oxygens (including phenoxy) is 4. The molecule has 5 rings (SSSR count). The quantitative estimate of drug-likeness (QED) is 0.531. The van der Waals surface area contributed by atoms with E-state index in [1.54, 1.807) is 18.2 Å². The highest BCUT2D eigenvalue weighted by Gasteiger charge is 2.47. The predicted octanol–water partition coefficient (Wildman–Crippen LogP) is 2.77. The molecule has 1 unspecified atom stereocenters. The summed E-state index contributed by atoms with van der Waals surface area (Å²) in [6.45, 7) is 1.31. The van der Waals surface area contributed by atoms with E-state index in [-0.39, 0.29) is 33.8 Å². The molecule has 144 valence electrons. The zero-order chi connectivity index (χ0) is 19.6. The molecule has 2 aliphatic heterocycles. The maximum absolute atomic E-state index is 13.1. The fourth-order valence-electron chi connectivity index (χ4n) is 3.99. The average Bonchev–Trinajstić information content (AvgIpc) is 3.16. The van der Waals surface area contributed by atoms with Gasteiger partial charge in [-0.2, -0.15) is 0 Å². The Morgan fingerprint density at radius 1 is 1.29 bits per heavy atom. The second-order valence-corrected chi connectivity index (χ2v) is 6.78. The fourth-order valence-corrected chi connectivity index (χ4v) is 3.99. The van der Waals surface area contributed by atoms with Crippen LogP contribution in [0.1, 0.15) is 24.8 Å². The van der Waals surface area contributed by atoms with Crippen LogP contribution in [-0.4, -0.2) is 30.8 Å². The molecule has 0 spiro atoms. The van der Waals surface area contributed by atoms with Gasteiger partial charge in [0.25, 0.3) is 0 Å². The molecule has 3 atom stereocenters. The van der Waals surface area contributed by atoms with Crippen LogP contribution in [0.5, 0.6) is 17.2 Å². The van der Waals surface area contributed by atoms with Crippen molar-refractivity contribution in [3.63, 3.8) is 0 Å². The zero-order valence-corrected chi connectivity index (χ0v) is 15.1. The molecular weight excluding hydrogens is 368 g/mol. The van der Waals surface area contributed by atoms with Crippen LogP contribution in [-0.2, 0) is 14.3 Å². The SMILES string of the molecule is COc1cc2c(c3oc4cccc(O)c4c(=O)c13)C1C[C@H](OC(C)=O)O[C@@H]1O2. The number of methoxy groups -OCH3 is 1. The topological polar surface area (TPSA) is 104 Å². The molecule has 0 saturated carbocycles. The van der Waals surface area contributed by atoms with E-state index in [9.17, 15) is 14.7 Å². The van der Waals surface area contributed by atoms with Gasteiger partial charge in [0.1, 0.15) is 39.2 Å². The minimum Gasteiger partial charge on any atom is -0.507 e. The number of rotatable bonds is 2. The molecule has 1 N–H and O–H groups in total. The average molecular weight is 384 g/mol. The Kier molecular flexibility index (Phi) is 3.54. The smallest absolute Gasteiger partial charge is 0.304 e. The highest BCUT2D eigenvalue weighted by molar-refractivity contribution is 5.98. The van der Waals surface area contributed by atoms with Gasteiger partial charge in [0.2, 0.25) is 18.0 Å². The van der Waals surface area contributed by atoms with Gasteiger partial charge in [-0.05, 0) is 12.1 Å². The van der Waals surface area contributed by atoms with Crippen molar-refractivity contribution >= 4 is 27.9 Å². The first-order valence-corrected chi connectivity index (χ1v) is 8.76. The first-order valence-electron chi connectivity index (χ1n) is 8.76. The van der Waals surface area contributed by atoms with Gasteiger partial charge in [0.05, 0.1) is 13.0 Å². The standard InChI is InChI=1S/C20H16O8/c1-8(21)25-14-6-9-15-13(27-20(9)28-14)7-12(24-2)17-18(23)16-10(22)4-3-5-11(16)26-19(15)17/h3-5,7,9,14,20,22H,6H2,1-2H3/t9?,14-,20+/m1/s1. The van der Waals surface area contributed by atoms with E-state index in [0.29, 0.717) is 23.3 Å². The summed E-state index contributed by atoms with van der Waals surface area (Å²) in [5.74, 6) is -0.111. The Labute approximate surface area is 158 Å². The van der Waals surface area contributed by atoms with Crippen LogP contribution in [0.15, 0.2) is 33.5 Å².